The molecular weight excluding hydrogens is 144 g/mol. The van der Waals surface area contributed by atoms with Crippen LogP contribution in [0.4, 0.5) is 0 Å². The fourth-order valence-electron chi connectivity index (χ4n) is 3.46. The van der Waals surface area contributed by atoms with Crippen molar-refractivity contribution in [3.05, 3.63) is 0 Å². The van der Waals surface area contributed by atoms with Gasteiger partial charge in [-0.3, -0.25) is 0 Å². The maximum atomic E-state index is 2.48. The summed E-state index contributed by atoms with van der Waals surface area (Å²) in [5, 5.41) is 0. The van der Waals surface area contributed by atoms with Crippen molar-refractivity contribution < 1.29 is 0 Å². The highest BCUT2D eigenvalue weighted by atomic mass is 14.4. The first-order valence-electron chi connectivity index (χ1n) is 5.77. The summed E-state index contributed by atoms with van der Waals surface area (Å²) in [5.74, 6) is 4.27. The van der Waals surface area contributed by atoms with E-state index in [2.05, 4.69) is 13.8 Å². The van der Waals surface area contributed by atoms with Gasteiger partial charge in [0.05, 0.1) is 0 Å². The van der Waals surface area contributed by atoms with Crippen molar-refractivity contribution in [2.24, 2.45) is 23.7 Å². The third-order valence-electron chi connectivity index (χ3n) is 4.28. The molecule has 0 aromatic rings. The minimum absolute atomic E-state index is 1.02. The summed E-state index contributed by atoms with van der Waals surface area (Å²) in [5.41, 5.74) is 0. The Hall–Kier alpha value is 0. The fraction of sp³-hybridized carbons (Fsp3) is 1.00. The molecule has 2 aliphatic carbocycles. The van der Waals surface area contributed by atoms with Crippen molar-refractivity contribution in [1.82, 2.24) is 0 Å². The normalized spacial score (nSPS) is 48.5. The lowest BCUT2D eigenvalue weighted by atomic mass is 9.64. The molecule has 0 bridgehead atoms. The lowest BCUT2D eigenvalue weighted by Crippen LogP contribution is -2.32. The Balaban J connectivity index is 2.00. The first-order chi connectivity index (χ1) is 5.77. The summed E-state index contributed by atoms with van der Waals surface area (Å²) in [6.07, 6.45) is 9.14. The van der Waals surface area contributed by atoms with E-state index in [0.29, 0.717) is 0 Å². The van der Waals surface area contributed by atoms with Gasteiger partial charge in [0.1, 0.15) is 0 Å². The number of rotatable bonds is 0. The molecule has 2 aliphatic rings. The average molecular weight is 166 g/mol. The molecule has 4 atom stereocenters. The van der Waals surface area contributed by atoms with E-state index < -0.39 is 0 Å². The van der Waals surface area contributed by atoms with Crippen LogP contribution in [0, 0.1) is 23.7 Å². The SMILES string of the molecule is C[C@H]1CC[C@H]2CCC[C@H](C)[C@@H]2C1. The molecule has 0 aromatic heterocycles. The molecule has 2 rings (SSSR count). The Labute approximate surface area is 76.7 Å². The van der Waals surface area contributed by atoms with Crippen molar-refractivity contribution in [3.8, 4) is 0 Å². The molecule has 0 aliphatic heterocycles. The highest BCUT2D eigenvalue weighted by molar-refractivity contribution is 4.85. The Morgan fingerprint density at radius 1 is 0.917 bits per heavy atom. The van der Waals surface area contributed by atoms with Gasteiger partial charge in [0.25, 0.3) is 0 Å². The van der Waals surface area contributed by atoms with E-state index in [1.165, 1.54) is 32.1 Å². The molecule has 0 unspecified atom stereocenters. The monoisotopic (exact) mass is 166 g/mol. The van der Waals surface area contributed by atoms with Gasteiger partial charge in [-0.15, -0.1) is 0 Å². The van der Waals surface area contributed by atoms with Crippen LogP contribution in [0.5, 0.6) is 0 Å². The van der Waals surface area contributed by atoms with Crippen molar-refractivity contribution in [1.29, 1.82) is 0 Å². The maximum Gasteiger partial charge on any atom is -0.0358 e. The highest BCUT2D eigenvalue weighted by Crippen LogP contribution is 2.45. The van der Waals surface area contributed by atoms with E-state index in [0.717, 1.165) is 23.7 Å². The second kappa shape index (κ2) is 3.40. The van der Waals surface area contributed by atoms with Gasteiger partial charge in [0, 0.05) is 0 Å². The number of hydrogen-bond acceptors (Lipinski definition) is 0. The largest absolute Gasteiger partial charge is 0.0625 e. The van der Waals surface area contributed by atoms with Gasteiger partial charge < -0.3 is 0 Å². The van der Waals surface area contributed by atoms with Crippen LogP contribution in [0.3, 0.4) is 0 Å². The summed E-state index contributed by atoms with van der Waals surface area (Å²) >= 11 is 0. The zero-order chi connectivity index (χ0) is 8.55. The van der Waals surface area contributed by atoms with Gasteiger partial charge in [-0.05, 0) is 36.5 Å². The predicted molar refractivity (Wildman–Crippen MR) is 53.0 cm³/mol. The summed E-state index contributed by atoms with van der Waals surface area (Å²) in [4.78, 5) is 0. The second-order valence-electron chi connectivity index (χ2n) is 5.25. The van der Waals surface area contributed by atoms with Crippen LogP contribution in [-0.2, 0) is 0 Å². The summed E-state index contributed by atoms with van der Waals surface area (Å²) in [6, 6.07) is 0. The smallest absolute Gasteiger partial charge is 0.0358 e. The van der Waals surface area contributed by atoms with Crippen LogP contribution in [0.25, 0.3) is 0 Å². The van der Waals surface area contributed by atoms with Crippen LogP contribution in [0.15, 0.2) is 0 Å². The van der Waals surface area contributed by atoms with Gasteiger partial charge in [-0.25, -0.2) is 0 Å². The van der Waals surface area contributed by atoms with E-state index in [1.54, 1.807) is 6.42 Å². The molecule has 0 heteroatoms. The van der Waals surface area contributed by atoms with Gasteiger partial charge in [0.2, 0.25) is 0 Å². The molecule has 2 fully saturated rings. The molecule has 2 saturated carbocycles. The number of fused-ring (bicyclic) bond motifs is 1. The minimum Gasteiger partial charge on any atom is -0.0625 e. The van der Waals surface area contributed by atoms with Crippen molar-refractivity contribution in [2.45, 2.75) is 52.4 Å². The molecule has 0 amide bonds. The third-order valence-corrected chi connectivity index (χ3v) is 4.28. The van der Waals surface area contributed by atoms with Crippen molar-refractivity contribution in [2.75, 3.05) is 0 Å². The van der Waals surface area contributed by atoms with Crippen LogP contribution in [0.1, 0.15) is 52.4 Å². The maximum absolute atomic E-state index is 2.48. The molecule has 0 radical (unpaired) electrons. The van der Waals surface area contributed by atoms with E-state index in [9.17, 15) is 0 Å². The summed E-state index contributed by atoms with van der Waals surface area (Å²) in [7, 11) is 0. The highest BCUT2D eigenvalue weighted by Gasteiger charge is 2.34. The Bertz CT molecular complexity index is 150. The van der Waals surface area contributed by atoms with Crippen LogP contribution >= 0.6 is 0 Å². The quantitative estimate of drug-likeness (QED) is 0.512. The van der Waals surface area contributed by atoms with Crippen LogP contribution in [-0.4, -0.2) is 0 Å². The average Bonchev–Trinajstić information content (AvgIpc) is 2.07. The van der Waals surface area contributed by atoms with E-state index in [1.807, 2.05) is 0 Å². The lowest BCUT2D eigenvalue weighted by Gasteiger charge is -2.42. The summed E-state index contributed by atoms with van der Waals surface area (Å²) < 4.78 is 0. The Morgan fingerprint density at radius 3 is 2.58 bits per heavy atom. The zero-order valence-electron chi connectivity index (χ0n) is 8.55. The van der Waals surface area contributed by atoms with Gasteiger partial charge in [0.15, 0.2) is 0 Å². The van der Waals surface area contributed by atoms with Crippen LogP contribution < -0.4 is 0 Å². The molecule has 0 saturated heterocycles. The molecule has 0 heterocycles. The first kappa shape index (κ1) is 8.59. The topological polar surface area (TPSA) is 0 Å². The fourth-order valence-corrected chi connectivity index (χ4v) is 3.46. The van der Waals surface area contributed by atoms with Gasteiger partial charge in [-0.2, -0.15) is 0 Å². The van der Waals surface area contributed by atoms with Crippen molar-refractivity contribution >= 4 is 0 Å². The number of hydrogen-bond donors (Lipinski definition) is 0. The molecule has 0 spiro atoms. The Kier molecular flexibility index (Phi) is 2.43. The second-order valence-corrected chi connectivity index (χ2v) is 5.25. The molecular formula is C12H22. The standard InChI is InChI=1S/C12H22/c1-9-6-7-11-5-3-4-10(2)12(11)8-9/h9-12H,3-8H2,1-2H3/t9-,10-,11+,12-/m0/s1. The first-order valence-corrected chi connectivity index (χ1v) is 5.77. The molecule has 0 aromatic carbocycles. The van der Waals surface area contributed by atoms with Gasteiger partial charge >= 0.3 is 0 Å². The van der Waals surface area contributed by atoms with Gasteiger partial charge in [-0.1, -0.05) is 39.5 Å². The minimum atomic E-state index is 1.02. The van der Waals surface area contributed by atoms with Crippen molar-refractivity contribution in [3.63, 3.8) is 0 Å². The zero-order valence-corrected chi connectivity index (χ0v) is 8.55. The molecule has 12 heavy (non-hydrogen) atoms. The van der Waals surface area contributed by atoms with E-state index in [4.69, 9.17) is 0 Å². The third kappa shape index (κ3) is 1.53. The predicted octanol–water partition coefficient (Wildman–Crippen LogP) is 3.86. The molecule has 70 valence electrons. The summed E-state index contributed by atoms with van der Waals surface area (Å²) in [6.45, 7) is 4.92. The lowest BCUT2D eigenvalue weighted by molar-refractivity contribution is 0.0880. The molecule has 0 N–H and O–H groups in total. The van der Waals surface area contributed by atoms with E-state index >= 15 is 0 Å². The molecule has 0 nitrogen and oxygen atoms in total. The van der Waals surface area contributed by atoms with Crippen LogP contribution in [0.2, 0.25) is 0 Å². The Morgan fingerprint density at radius 2 is 1.75 bits per heavy atom. The van der Waals surface area contributed by atoms with E-state index in [-0.39, 0.29) is 0 Å².